The number of nitrogens with zero attached hydrogens (tertiary/aromatic N) is 1. The van der Waals surface area contributed by atoms with E-state index < -0.39 is 0 Å². The molecule has 0 aliphatic heterocycles. The Kier molecular flexibility index (Phi) is 6.33. The first-order chi connectivity index (χ1) is 8.72. The Balaban J connectivity index is 2.21. The van der Waals surface area contributed by atoms with Crippen molar-refractivity contribution in [2.75, 3.05) is 20.2 Å². The number of esters is 1. The van der Waals surface area contributed by atoms with Crippen LogP contribution in [0.15, 0.2) is 49.2 Å². The molecule has 1 aromatic carbocycles. The molecule has 96 valence electrons. The molecule has 0 aliphatic rings. The predicted molar refractivity (Wildman–Crippen MR) is 73.9 cm³/mol. The molecule has 0 aromatic heterocycles. The molecule has 0 spiro atoms. The number of carbonyl (C=O) groups is 1. The molecule has 0 heterocycles. The van der Waals surface area contributed by atoms with Crippen LogP contribution in [0.5, 0.6) is 0 Å². The van der Waals surface area contributed by atoms with Crippen molar-refractivity contribution in [2.45, 2.75) is 6.42 Å². The highest BCUT2D eigenvalue weighted by atomic mass is 16.5. The standard InChI is InChI=1S/C15H19NO2/c1-3-15(17)18-13-7-11-16(2)12-10-14-8-5-4-6-9-14/h3-6,8-10,12H,1,7,11,13H2,2H3. The van der Waals surface area contributed by atoms with Crippen LogP contribution in [0.4, 0.5) is 0 Å². The lowest BCUT2D eigenvalue weighted by Gasteiger charge is -2.13. The minimum absolute atomic E-state index is 0.363. The molecule has 0 saturated heterocycles. The molecule has 1 aromatic rings. The second-order valence-corrected chi connectivity index (χ2v) is 3.93. The van der Waals surface area contributed by atoms with Crippen LogP contribution in [0.3, 0.4) is 0 Å². The highest BCUT2D eigenvalue weighted by Gasteiger charge is 1.96. The zero-order valence-electron chi connectivity index (χ0n) is 10.7. The van der Waals surface area contributed by atoms with Gasteiger partial charge in [-0.3, -0.25) is 0 Å². The van der Waals surface area contributed by atoms with Gasteiger partial charge in [0.2, 0.25) is 0 Å². The largest absolute Gasteiger partial charge is 0.462 e. The minimum Gasteiger partial charge on any atom is -0.462 e. The molecule has 0 atom stereocenters. The quantitative estimate of drug-likeness (QED) is 0.420. The van der Waals surface area contributed by atoms with Gasteiger partial charge >= 0.3 is 5.97 Å². The second-order valence-electron chi connectivity index (χ2n) is 3.93. The third kappa shape index (κ3) is 5.89. The van der Waals surface area contributed by atoms with E-state index in [1.807, 2.05) is 31.4 Å². The van der Waals surface area contributed by atoms with Crippen LogP contribution in [-0.2, 0) is 9.53 Å². The van der Waals surface area contributed by atoms with Gasteiger partial charge in [-0.1, -0.05) is 36.9 Å². The fourth-order valence-electron chi connectivity index (χ4n) is 1.40. The van der Waals surface area contributed by atoms with Crippen LogP contribution in [0.1, 0.15) is 12.0 Å². The van der Waals surface area contributed by atoms with Crippen molar-refractivity contribution in [3.63, 3.8) is 0 Å². The minimum atomic E-state index is -0.363. The van der Waals surface area contributed by atoms with Crippen LogP contribution < -0.4 is 0 Å². The molecule has 0 radical (unpaired) electrons. The molecule has 0 aliphatic carbocycles. The van der Waals surface area contributed by atoms with Crippen molar-refractivity contribution in [2.24, 2.45) is 0 Å². The van der Waals surface area contributed by atoms with E-state index in [1.165, 1.54) is 11.6 Å². The van der Waals surface area contributed by atoms with E-state index in [4.69, 9.17) is 4.74 Å². The molecule has 3 heteroatoms. The number of hydrogen-bond donors (Lipinski definition) is 0. The van der Waals surface area contributed by atoms with E-state index >= 15 is 0 Å². The summed E-state index contributed by atoms with van der Waals surface area (Å²) >= 11 is 0. The van der Waals surface area contributed by atoms with Crippen LogP contribution >= 0.6 is 0 Å². The Labute approximate surface area is 108 Å². The lowest BCUT2D eigenvalue weighted by Crippen LogP contribution is -2.15. The Morgan fingerprint density at radius 2 is 2.11 bits per heavy atom. The number of hydrogen-bond acceptors (Lipinski definition) is 3. The van der Waals surface area contributed by atoms with Gasteiger partial charge in [0.05, 0.1) is 6.61 Å². The van der Waals surface area contributed by atoms with Crippen LogP contribution in [0.25, 0.3) is 6.08 Å². The van der Waals surface area contributed by atoms with Gasteiger partial charge in [-0.2, -0.15) is 0 Å². The van der Waals surface area contributed by atoms with Crippen LogP contribution in [-0.4, -0.2) is 31.1 Å². The lowest BCUT2D eigenvalue weighted by molar-refractivity contribution is -0.137. The van der Waals surface area contributed by atoms with Crippen molar-refractivity contribution >= 4 is 12.0 Å². The highest BCUT2D eigenvalue weighted by molar-refractivity contribution is 5.81. The smallest absolute Gasteiger partial charge is 0.330 e. The average Bonchev–Trinajstić information content (AvgIpc) is 2.42. The fourth-order valence-corrected chi connectivity index (χ4v) is 1.40. The summed E-state index contributed by atoms with van der Waals surface area (Å²) in [5.74, 6) is -0.363. The molecule has 0 bridgehead atoms. The number of ether oxygens (including phenoxy) is 1. The molecule has 0 amide bonds. The maximum absolute atomic E-state index is 10.8. The van der Waals surface area contributed by atoms with Crippen LogP contribution in [0, 0.1) is 0 Å². The molecule has 0 N–H and O–H groups in total. The van der Waals surface area contributed by atoms with Gasteiger partial charge in [-0.15, -0.1) is 0 Å². The third-order valence-corrected chi connectivity index (χ3v) is 2.39. The zero-order valence-corrected chi connectivity index (χ0v) is 10.7. The van der Waals surface area contributed by atoms with E-state index in [-0.39, 0.29) is 5.97 Å². The van der Waals surface area contributed by atoms with E-state index in [9.17, 15) is 4.79 Å². The maximum Gasteiger partial charge on any atom is 0.330 e. The van der Waals surface area contributed by atoms with Crippen molar-refractivity contribution in [3.05, 3.63) is 54.8 Å². The topological polar surface area (TPSA) is 29.5 Å². The van der Waals surface area contributed by atoms with Gasteiger partial charge < -0.3 is 9.64 Å². The summed E-state index contributed by atoms with van der Waals surface area (Å²) in [4.78, 5) is 12.9. The van der Waals surface area contributed by atoms with Gasteiger partial charge in [0, 0.05) is 19.7 Å². The zero-order chi connectivity index (χ0) is 13.2. The van der Waals surface area contributed by atoms with Crippen molar-refractivity contribution in [1.82, 2.24) is 4.90 Å². The molecular weight excluding hydrogens is 226 g/mol. The monoisotopic (exact) mass is 245 g/mol. The normalized spacial score (nSPS) is 10.3. The SMILES string of the molecule is C=CC(=O)OCCCN(C)C=Cc1ccccc1. The first kappa shape index (κ1) is 14.0. The summed E-state index contributed by atoms with van der Waals surface area (Å²) in [6.45, 7) is 4.61. The van der Waals surface area contributed by atoms with Gasteiger partial charge in [-0.05, 0) is 24.3 Å². The summed E-state index contributed by atoms with van der Waals surface area (Å²) in [6, 6.07) is 10.1. The Morgan fingerprint density at radius 1 is 1.39 bits per heavy atom. The summed E-state index contributed by atoms with van der Waals surface area (Å²) in [7, 11) is 1.99. The van der Waals surface area contributed by atoms with Crippen molar-refractivity contribution in [1.29, 1.82) is 0 Å². The Hall–Kier alpha value is -2.03. The summed E-state index contributed by atoms with van der Waals surface area (Å²) < 4.78 is 4.90. The first-order valence-corrected chi connectivity index (χ1v) is 5.95. The van der Waals surface area contributed by atoms with Gasteiger partial charge in [0.25, 0.3) is 0 Å². The number of rotatable bonds is 7. The van der Waals surface area contributed by atoms with Crippen LogP contribution in [0.2, 0.25) is 0 Å². The molecular formula is C15H19NO2. The van der Waals surface area contributed by atoms with Gasteiger partial charge in [0.1, 0.15) is 0 Å². The Morgan fingerprint density at radius 3 is 2.78 bits per heavy atom. The number of benzene rings is 1. The molecule has 3 nitrogen and oxygen atoms in total. The van der Waals surface area contributed by atoms with E-state index in [1.54, 1.807) is 0 Å². The maximum atomic E-state index is 10.8. The fraction of sp³-hybridized carbons (Fsp3) is 0.267. The predicted octanol–water partition coefficient (Wildman–Crippen LogP) is 2.71. The van der Waals surface area contributed by atoms with Gasteiger partial charge in [0.15, 0.2) is 0 Å². The molecule has 1 rings (SSSR count). The summed E-state index contributed by atoms with van der Waals surface area (Å²) in [5.41, 5.74) is 1.17. The molecule has 0 unspecified atom stereocenters. The Bertz CT molecular complexity index is 398. The molecule has 0 fully saturated rings. The first-order valence-electron chi connectivity index (χ1n) is 5.95. The molecule has 18 heavy (non-hydrogen) atoms. The highest BCUT2D eigenvalue weighted by Crippen LogP contribution is 2.02. The van der Waals surface area contributed by atoms with E-state index in [2.05, 4.69) is 29.7 Å². The van der Waals surface area contributed by atoms with E-state index in [0.29, 0.717) is 6.61 Å². The summed E-state index contributed by atoms with van der Waals surface area (Å²) in [6.07, 6.45) is 6.05. The average molecular weight is 245 g/mol. The summed E-state index contributed by atoms with van der Waals surface area (Å²) in [5, 5.41) is 0. The van der Waals surface area contributed by atoms with Crippen molar-refractivity contribution in [3.8, 4) is 0 Å². The van der Waals surface area contributed by atoms with Crippen molar-refractivity contribution < 1.29 is 9.53 Å². The van der Waals surface area contributed by atoms with Gasteiger partial charge in [-0.25, -0.2) is 4.79 Å². The number of carbonyl (C=O) groups excluding carboxylic acids is 1. The lowest BCUT2D eigenvalue weighted by atomic mass is 10.2. The molecule has 0 saturated carbocycles. The van der Waals surface area contributed by atoms with E-state index in [0.717, 1.165) is 13.0 Å². The third-order valence-electron chi connectivity index (χ3n) is 2.39. The second kappa shape index (κ2) is 8.12.